The van der Waals surface area contributed by atoms with E-state index in [1.807, 2.05) is 0 Å². The first kappa shape index (κ1) is 11.3. The molecule has 0 heterocycles. The van der Waals surface area contributed by atoms with E-state index in [0.717, 1.165) is 0 Å². The van der Waals surface area contributed by atoms with Crippen molar-refractivity contribution in [1.29, 1.82) is 0 Å². The first-order valence-electron chi connectivity index (χ1n) is 2.73. The van der Waals surface area contributed by atoms with Crippen LogP contribution in [0.4, 0.5) is 13.2 Å². The van der Waals surface area contributed by atoms with Gasteiger partial charge in [0, 0.05) is 0 Å². The summed E-state index contributed by atoms with van der Waals surface area (Å²) in [4.78, 5) is 0. The molecule has 0 bridgehead atoms. The fourth-order valence-corrected chi connectivity index (χ4v) is 1.77. The minimum Gasteiger partial charge on any atom is -0.322 e. The molecule has 0 rings (SSSR count). The predicted octanol–water partition coefficient (Wildman–Crippen LogP) is 3.02. The third-order valence-electron chi connectivity index (χ3n) is 0.881. The molecule has 1 unspecified atom stereocenters. The zero-order valence-electron chi connectivity index (χ0n) is 5.69. The summed E-state index contributed by atoms with van der Waals surface area (Å²) in [5.41, 5.74) is -1.02. The molecule has 0 aromatic heterocycles. The average molecular weight is 211 g/mol. The lowest BCUT2D eigenvalue weighted by atomic mass is 10.9. The van der Waals surface area contributed by atoms with Gasteiger partial charge in [0.15, 0.2) is 0 Å². The van der Waals surface area contributed by atoms with Gasteiger partial charge in [-0.25, -0.2) is 0 Å². The maximum absolute atomic E-state index is 11.8. The van der Waals surface area contributed by atoms with Gasteiger partial charge in [0.2, 0.25) is 0 Å². The summed E-state index contributed by atoms with van der Waals surface area (Å²) in [6.45, 7) is 1.06. The van der Waals surface area contributed by atoms with Crippen molar-refractivity contribution >= 4 is 19.0 Å². The second-order valence-corrected chi connectivity index (χ2v) is 4.75. The molecule has 2 nitrogen and oxygen atoms in total. The SMILES string of the molecule is CCOP(=O)(CCl)C(F)(F)F. The lowest BCUT2D eigenvalue weighted by Gasteiger charge is -2.17. The van der Waals surface area contributed by atoms with E-state index >= 15 is 0 Å². The second-order valence-electron chi connectivity index (χ2n) is 1.68. The minimum absolute atomic E-state index is 0.260. The average Bonchev–Trinajstić information content (AvgIpc) is 1.86. The highest BCUT2D eigenvalue weighted by molar-refractivity contribution is 7.61. The van der Waals surface area contributed by atoms with Crippen molar-refractivity contribution in [2.24, 2.45) is 0 Å². The van der Waals surface area contributed by atoms with Crippen LogP contribution in [0.1, 0.15) is 6.92 Å². The summed E-state index contributed by atoms with van der Waals surface area (Å²) in [5, 5.41) is 0. The highest BCUT2D eigenvalue weighted by Gasteiger charge is 2.51. The summed E-state index contributed by atoms with van der Waals surface area (Å²) < 4.78 is 50.2. The molecular weight excluding hydrogens is 203 g/mol. The van der Waals surface area contributed by atoms with Gasteiger partial charge in [-0.1, -0.05) is 0 Å². The molecule has 0 N–H and O–H groups in total. The molecule has 68 valence electrons. The van der Waals surface area contributed by atoms with Crippen LogP contribution in [0.15, 0.2) is 0 Å². The zero-order chi connectivity index (χ0) is 9.12. The number of hydrogen-bond acceptors (Lipinski definition) is 2. The normalized spacial score (nSPS) is 17.9. The van der Waals surface area contributed by atoms with Crippen LogP contribution in [-0.2, 0) is 9.09 Å². The molecule has 0 spiro atoms. The molecule has 7 heteroatoms. The molecule has 0 radical (unpaired) electrons. The van der Waals surface area contributed by atoms with E-state index in [4.69, 9.17) is 11.6 Å². The maximum atomic E-state index is 11.8. The van der Waals surface area contributed by atoms with Crippen molar-refractivity contribution in [2.75, 3.05) is 12.2 Å². The van der Waals surface area contributed by atoms with Crippen LogP contribution in [0.5, 0.6) is 0 Å². The molecule has 0 saturated carbocycles. The Balaban J connectivity index is 4.48. The van der Waals surface area contributed by atoms with Crippen LogP contribution >= 0.6 is 19.0 Å². The topological polar surface area (TPSA) is 26.3 Å². The Labute approximate surface area is 67.1 Å². The van der Waals surface area contributed by atoms with Crippen molar-refractivity contribution < 1.29 is 22.3 Å². The summed E-state index contributed by atoms with van der Waals surface area (Å²) in [5.74, 6) is -4.84. The van der Waals surface area contributed by atoms with Gasteiger partial charge < -0.3 is 4.52 Å². The fraction of sp³-hybridized carbons (Fsp3) is 1.00. The molecule has 0 aliphatic heterocycles. The van der Waals surface area contributed by atoms with Gasteiger partial charge in [-0.05, 0) is 6.92 Å². The van der Waals surface area contributed by atoms with Crippen molar-refractivity contribution in [1.82, 2.24) is 0 Å². The molecule has 0 amide bonds. The lowest BCUT2D eigenvalue weighted by Crippen LogP contribution is -2.12. The molecule has 0 saturated heterocycles. The van der Waals surface area contributed by atoms with Crippen molar-refractivity contribution in [3.63, 3.8) is 0 Å². The smallest absolute Gasteiger partial charge is 0.322 e. The highest BCUT2D eigenvalue weighted by atomic mass is 35.5. The molecule has 11 heavy (non-hydrogen) atoms. The van der Waals surface area contributed by atoms with E-state index < -0.39 is 18.9 Å². The Morgan fingerprint density at radius 2 is 2.00 bits per heavy atom. The van der Waals surface area contributed by atoms with Crippen molar-refractivity contribution in [3.05, 3.63) is 0 Å². The van der Waals surface area contributed by atoms with E-state index in [-0.39, 0.29) is 6.61 Å². The van der Waals surface area contributed by atoms with E-state index in [0.29, 0.717) is 0 Å². The van der Waals surface area contributed by atoms with Crippen LogP contribution < -0.4 is 0 Å². The van der Waals surface area contributed by atoms with E-state index in [2.05, 4.69) is 4.52 Å². The largest absolute Gasteiger partial charge is 0.466 e. The van der Waals surface area contributed by atoms with Gasteiger partial charge >= 0.3 is 13.3 Å². The highest BCUT2D eigenvalue weighted by Crippen LogP contribution is 2.62. The quantitative estimate of drug-likeness (QED) is 0.529. The van der Waals surface area contributed by atoms with Gasteiger partial charge in [-0.3, -0.25) is 4.57 Å². The number of hydrogen-bond donors (Lipinski definition) is 0. The monoisotopic (exact) mass is 210 g/mol. The molecule has 0 aromatic rings. The number of rotatable bonds is 3. The standard InChI is InChI=1S/C4H7ClF3O2P/c1-2-10-11(9,3-5)4(6,7)8/h2-3H2,1H3. The third-order valence-corrected chi connectivity index (χ3v) is 3.59. The molecule has 0 aliphatic carbocycles. The third kappa shape index (κ3) is 2.65. The van der Waals surface area contributed by atoms with E-state index in [1.165, 1.54) is 6.92 Å². The molecule has 0 fully saturated rings. The Bertz CT molecular complexity index is 169. The second kappa shape index (κ2) is 3.78. The van der Waals surface area contributed by atoms with Crippen LogP contribution in [0, 0.1) is 0 Å². The summed E-state index contributed by atoms with van der Waals surface area (Å²) in [6, 6.07) is 0. The molecule has 0 aromatic carbocycles. The first-order valence-corrected chi connectivity index (χ1v) is 5.08. The van der Waals surface area contributed by atoms with Gasteiger partial charge in [0.25, 0.3) is 0 Å². The van der Waals surface area contributed by atoms with Gasteiger partial charge in [0.05, 0.1) is 6.61 Å². The van der Waals surface area contributed by atoms with Gasteiger partial charge in [-0.2, -0.15) is 13.2 Å². The Kier molecular flexibility index (Phi) is 3.88. The van der Waals surface area contributed by atoms with Crippen LogP contribution in [0.3, 0.4) is 0 Å². The minimum atomic E-state index is -4.84. The Hall–Kier alpha value is 0.270. The lowest BCUT2D eigenvalue weighted by molar-refractivity contribution is -0.0577. The number of alkyl halides is 4. The molecular formula is C4H7ClF3O2P. The Morgan fingerprint density at radius 1 is 1.55 bits per heavy atom. The van der Waals surface area contributed by atoms with Crippen LogP contribution in [0.2, 0.25) is 0 Å². The van der Waals surface area contributed by atoms with Crippen LogP contribution in [0.25, 0.3) is 0 Å². The zero-order valence-corrected chi connectivity index (χ0v) is 7.34. The fourth-order valence-electron chi connectivity index (χ4n) is 0.384. The summed E-state index contributed by atoms with van der Waals surface area (Å²) >= 11 is 4.86. The van der Waals surface area contributed by atoms with Crippen molar-refractivity contribution in [3.8, 4) is 0 Å². The first-order chi connectivity index (χ1) is 4.87. The molecule has 1 atom stereocenters. The van der Waals surface area contributed by atoms with E-state index in [1.54, 1.807) is 0 Å². The predicted molar refractivity (Wildman–Crippen MR) is 36.0 cm³/mol. The molecule has 0 aliphatic rings. The summed E-state index contributed by atoms with van der Waals surface area (Å²) in [7, 11) is -4.62. The number of halogens is 4. The van der Waals surface area contributed by atoms with Gasteiger partial charge in [0.1, 0.15) is 5.62 Å². The Morgan fingerprint density at radius 3 is 2.09 bits per heavy atom. The summed E-state index contributed by atoms with van der Waals surface area (Å²) in [6.07, 6.45) is 0. The van der Waals surface area contributed by atoms with Crippen LogP contribution in [-0.4, -0.2) is 18.1 Å². The maximum Gasteiger partial charge on any atom is 0.466 e. The van der Waals surface area contributed by atoms with Gasteiger partial charge in [-0.15, -0.1) is 11.6 Å². The van der Waals surface area contributed by atoms with Crippen molar-refractivity contribution in [2.45, 2.75) is 12.8 Å². The van der Waals surface area contributed by atoms with E-state index in [9.17, 15) is 17.7 Å².